The molecule has 0 amide bonds. The fraction of sp³-hybridized carbons (Fsp3) is 0.667. The number of nitrogens with two attached hydrogens (primary N) is 1. The summed E-state index contributed by atoms with van der Waals surface area (Å²) in [5, 5.41) is 2.13. The highest BCUT2D eigenvalue weighted by Gasteiger charge is 2.48. The minimum absolute atomic E-state index is 0.0913. The molecule has 1 aromatic rings. The molecule has 0 spiro atoms. The van der Waals surface area contributed by atoms with E-state index in [1.165, 1.54) is 17.7 Å². The van der Waals surface area contributed by atoms with Crippen LogP contribution in [-0.4, -0.2) is 18.2 Å². The highest BCUT2D eigenvalue weighted by molar-refractivity contribution is 7.09. The SMILES string of the molecule is NC1(Cc2cccs2)CCOC1C1CC1. The van der Waals surface area contributed by atoms with E-state index in [0.717, 1.165) is 25.4 Å². The lowest BCUT2D eigenvalue weighted by atomic mass is 9.85. The van der Waals surface area contributed by atoms with Crippen LogP contribution in [0.25, 0.3) is 0 Å². The number of ether oxygens (including phenoxy) is 1. The summed E-state index contributed by atoms with van der Waals surface area (Å²) >= 11 is 1.81. The van der Waals surface area contributed by atoms with E-state index in [1.54, 1.807) is 11.3 Å². The van der Waals surface area contributed by atoms with Crippen molar-refractivity contribution in [2.45, 2.75) is 37.3 Å². The molecule has 2 nitrogen and oxygen atoms in total. The van der Waals surface area contributed by atoms with Crippen molar-refractivity contribution < 1.29 is 4.74 Å². The third-order valence-electron chi connectivity index (χ3n) is 3.57. The zero-order valence-corrected chi connectivity index (χ0v) is 9.63. The van der Waals surface area contributed by atoms with Crippen molar-refractivity contribution in [1.29, 1.82) is 0 Å². The topological polar surface area (TPSA) is 35.2 Å². The standard InChI is InChI=1S/C12H17NOS/c13-12(8-10-2-1-7-15-10)5-6-14-11(12)9-3-4-9/h1-2,7,9,11H,3-6,8,13H2. The third kappa shape index (κ3) is 1.84. The van der Waals surface area contributed by atoms with Crippen LogP contribution in [0.5, 0.6) is 0 Å². The normalized spacial score (nSPS) is 35.9. The Morgan fingerprint density at radius 2 is 2.40 bits per heavy atom. The van der Waals surface area contributed by atoms with Crippen LogP contribution in [0.15, 0.2) is 17.5 Å². The Hall–Kier alpha value is -0.380. The monoisotopic (exact) mass is 223 g/mol. The van der Waals surface area contributed by atoms with Gasteiger partial charge >= 0.3 is 0 Å². The minimum atomic E-state index is -0.0913. The quantitative estimate of drug-likeness (QED) is 0.852. The summed E-state index contributed by atoms with van der Waals surface area (Å²) in [6.07, 6.45) is 4.96. The summed E-state index contributed by atoms with van der Waals surface area (Å²) in [4.78, 5) is 1.40. The Labute approximate surface area is 94.4 Å². The van der Waals surface area contributed by atoms with Crippen molar-refractivity contribution in [3.05, 3.63) is 22.4 Å². The van der Waals surface area contributed by atoms with Gasteiger partial charge in [0.2, 0.25) is 0 Å². The first-order valence-corrected chi connectivity index (χ1v) is 6.59. The van der Waals surface area contributed by atoms with Crippen LogP contribution in [0.2, 0.25) is 0 Å². The molecule has 1 saturated heterocycles. The Morgan fingerprint density at radius 3 is 3.07 bits per heavy atom. The van der Waals surface area contributed by atoms with Gasteiger partial charge in [0, 0.05) is 23.4 Å². The van der Waals surface area contributed by atoms with E-state index < -0.39 is 0 Å². The zero-order valence-electron chi connectivity index (χ0n) is 8.82. The molecule has 1 saturated carbocycles. The Balaban J connectivity index is 1.76. The van der Waals surface area contributed by atoms with Crippen LogP contribution >= 0.6 is 11.3 Å². The lowest BCUT2D eigenvalue weighted by Crippen LogP contribution is -2.50. The molecule has 1 aromatic heterocycles. The van der Waals surface area contributed by atoms with Gasteiger partial charge in [-0.1, -0.05) is 6.07 Å². The van der Waals surface area contributed by atoms with E-state index in [-0.39, 0.29) is 5.54 Å². The van der Waals surface area contributed by atoms with Crippen LogP contribution in [0.1, 0.15) is 24.1 Å². The average Bonchev–Trinajstić information content (AvgIpc) is 2.79. The van der Waals surface area contributed by atoms with Crippen LogP contribution in [0.3, 0.4) is 0 Å². The van der Waals surface area contributed by atoms with Gasteiger partial charge in [0.15, 0.2) is 0 Å². The van der Waals surface area contributed by atoms with Crippen LogP contribution in [-0.2, 0) is 11.2 Å². The molecule has 0 radical (unpaired) electrons. The molecule has 2 fully saturated rings. The Morgan fingerprint density at radius 1 is 1.53 bits per heavy atom. The predicted molar refractivity (Wildman–Crippen MR) is 62.0 cm³/mol. The fourth-order valence-electron chi connectivity index (χ4n) is 2.62. The van der Waals surface area contributed by atoms with Crippen LogP contribution in [0, 0.1) is 5.92 Å². The maximum Gasteiger partial charge on any atom is 0.0786 e. The van der Waals surface area contributed by atoms with Crippen molar-refractivity contribution >= 4 is 11.3 Å². The second-order valence-corrected chi connectivity index (χ2v) is 5.90. The highest BCUT2D eigenvalue weighted by Crippen LogP contribution is 2.43. The van der Waals surface area contributed by atoms with Gasteiger partial charge in [-0.25, -0.2) is 0 Å². The first kappa shape index (κ1) is 9.82. The van der Waals surface area contributed by atoms with Crippen molar-refractivity contribution in [3.63, 3.8) is 0 Å². The molecule has 3 rings (SSSR count). The molecule has 82 valence electrons. The summed E-state index contributed by atoms with van der Waals surface area (Å²) in [5.74, 6) is 0.748. The molecule has 2 N–H and O–H groups in total. The van der Waals surface area contributed by atoms with E-state index in [4.69, 9.17) is 10.5 Å². The zero-order chi connectivity index (χ0) is 10.3. The third-order valence-corrected chi connectivity index (χ3v) is 4.44. The summed E-state index contributed by atoms with van der Waals surface area (Å²) in [6, 6.07) is 4.28. The van der Waals surface area contributed by atoms with Gasteiger partial charge in [-0.2, -0.15) is 0 Å². The van der Waals surface area contributed by atoms with E-state index in [9.17, 15) is 0 Å². The number of hydrogen-bond donors (Lipinski definition) is 1. The molecule has 1 aliphatic carbocycles. The Kier molecular flexibility index (Phi) is 2.34. The summed E-state index contributed by atoms with van der Waals surface area (Å²) in [7, 11) is 0. The molecule has 15 heavy (non-hydrogen) atoms. The van der Waals surface area contributed by atoms with E-state index in [1.807, 2.05) is 0 Å². The van der Waals surface area contributed by atoms with Crippen LogP contribution < -0.4 is 5.73 Å². The summed E-state index contributed by atoms with van der Waals surface area (Å²) in [6.45, 7) is 0.850. The number of rotatable bonds is 3. The molecule has 1 aliphatic heterocycles. The summed E-state index contributed by atoms with van der Waals surface area (Å²) in [5.41, 5.74) is 6.43. The van der Waals surface area contributed by atoms with Gasteiger partial charge in [0.1, 0.15) is 0 Å². The van der Waals surface area contributed by atoms with Gasteiger partial charge < -0.3 is 10.5 Å². The second-order valence-electron chi connectivity index (χ2n) is 4.87. The molecule has 2 heterocycles. The first-order valence-electron chi connectivity index (χ1n) is 5.71. The van der Waals surface area contributed by atoms with Gasteiger partial charge in [0.25, 0.3) is 0 Å². The number of hydrogen-bond acceptors (Lipinski definition) is 3. The van der Waals surface area contributed by atoms with Gasteiger partial charge in [-0.05, 0) is 36.6 Å². The largest absolute Gasteiger partial charge is 0.376 e. The van der Waals surface area contributed by atoms with Gasteiger partial charge in [-0.15, -0.1) is 11.3 Å². The maximum absolute atomic E-state index is 6.52. The second kappa shape index (κ2) is 3.58. The Bertz CT molecular complexity index is 333. The van der Waals surface area contributed by atoms with Gasteiger partial charge in [0.05, 0.1) is 6.10 Å². The molecular weight excluding hydrogens is 206 g/mol. The number of thiophene rings is 1. The first-order chi connectivity index (χ1) is 7.28. The summed E-state index contributed by atoms with van der Waals surface area (Å²) < 4.78 is 5.82. The molecular formula is C12H17NOS. The predicted octanol–water partition coefficient (Wildman–Crippen LogP) is 2.19. The lowest BCUT2D eigenvalue weighted by Gasteiger charge is -2.29. The van der Waals surface area contributed by atoms with Crippen molar-refractivity contribution in [2.75, 3.05) is 6.61 Å². The molecule has 0 bridgehead atoms. The van der Waals surface area contributed by atoms with E-state index in [2.05, 4.69) is 17.5 Å². The van der Waals surface area contributed by atoms with Gasteiger partial charge in [-0.3, -0.25) is 0 Å². The van der Waals surface area contributed by atoms with Crippen molar-refractivity contribution in [1.82, 2.24) is 0 Å². The fourth-order valence-corrected chi connectivity index (χ4v) is 3.46. The van der Waals surface area contributed by atoms with E-state index in [0.29, 0.717) is 6.10 Å². The van der Waals surface area contributed by atoms with Crippen molar-refractivity contribution in [2.24, 2.45) is 11.7 Å². The molecule has 2 aliphatic rings. The molecule has 2 unspecified atom stereocenters. The molecule has 0 aromatic carbocycles. The lowest BCUT2D eigenvalue weighted by molar-refractivity contribution is 0.0629. The molecule has 2 atom stereocenters. The molecule has 3 heteroatoms. The van der Waals surface area contributed by atoms with Crippen LogP contribution in [0.4, 0.5) is 0 Å². The van der Waals surface area contributed by atoms with E-state index >= 15 is 0 Å². The highest BCUT2D eigenvalue weighted by atomic mass is 32.1. The minimum Gasteiger partial charge on any atom is -0.376 e. The average molecular weight is 223 g/mol. The smallest absolute Gasteiger partial charge is 0.0786 e. The van der Waals surface area contributed by atoms with Crippen molar-refractivity contribution in [3.8, 4) is 0 Å². The maximum atomic E-state index is 6.52.